The second kappa shape index (κ2) is 6.60. The fourth-order valence-electron chi connectivity index (χ4n) is 2.23. The van der Waals surface area contributed by atoms with Crippen molar-refractivity contribution >= 4 is 11.7 Å². The molecule has 0 saturated carbocycles. The molecular formula is C16H25NO2. The Labute approximate surface area is 116 Å². The van der Waals surface area contributed by atoms with E-state index in [-0.39, 0.29) is 17.8 Å². The third-order valence-corrected chi connectivity index (χ3v) is 3.56. The zero-order valence-electron chi connectivity index (χ0n) is 12.9. The number of carbonyl (C=O) groups is 1. The van der Waals surface area contributed by atoms with Gasteiger partial charge in [-0.15, -0.1) is 0 Å². The molecule has 106 valence electrons. The third kappa shape index (κ3) is 3.98. The van der Waals surface area contributed by atoms with Crippen molar-refractivity contribution in [1.29, 1.82) is 0 Å². The normalized spacial score (nSPS) is 12.4. The lowest BCUT2D eigenvalue weighted by Gasteiger charge is -2.28. The van der Waals surface area contributed by atoms with Crippen LogP contribution in [0.4, 0.5) is 5.69 Å². The summed E-state index contributed by atoms with van der Waals surface area (Å²) in [5.41, 5.74) is 3.63. The minimum atomic E-state index is -0.132. The molecule has 0 radical (unpaired) electrons. The van der Waals surface area contributed by atoms with Crippen LogP contribution in [-0.2, 0) is 9.53 Å². The van der Waals surface area contributed by atoms with Crippen molar-refractivity contribution in [2.24, 2.45) is 11.8 Å². The largest absolute Gasteiger partial charge is 0.469 e. The molecule has 0 saturated heterocycles. The van der Waals surface area contributed by atoms with E-state index in [1.165, 1.54) is 23.9 Å². The van der Waals surface area contributed by atoms with E-state index < -0.39 is 0 Å². The summed E-state index contributed by atoms with van der Waals surface area (Å²) >= 11 is 0. The van der Waals surface area contributed by atoms with Crippen LogP contribution in [0.3, 0.4) is 0 Å². The number of rotatable bonds is 5. The summed E-state index contributed by atoms with van der Waals surface area (Å²) in [6.07, 6.45) is 0. The van der Waals surface area contributed by atoms with E-state index in [1.807, 2.05) is 7.05 Å². The smallest absolute Gasteiger partial charge is 0.310 e. The van der Waals surface area contributed by atoms with E-state index in [9.17, 15) is 4.79 Å². The monoisotopic (exact) mass is 263 g/mol. The number of methoxy groups -OCH3 is 1. The zero-order chi connectivity index (χ0) is 14.6. The molecule has 0 aromatic heterocycles. The number of hydrogen-bond donors (Lipinski definition) is 0. The molecule has 0 aliphatic carbocycles. The van der Waals surface area contributed by atoms with Gasteiger partial charge in [0.2, 0.25) is 0 Å². The Hall–Kier alpha value is -1.51. The molecule has 0 aliphatic heterocycles. The number of benzene rings is 1. The highest BCUT2D eigenvalue weighted by Crippen LogP contribution is 2.23. The molecule has 0 fully saturated rings. The molecule has 3 nitrogen and oxygen atoms in total. The minimum absolute atomic E-state index is 0.102. The first-order valence-corrected chi connectivity index (χ1v) is 6.73. The van der Waals surface area contributed by atoms with Crippen LogP contribution in [0.1, 0.15) is 25.0 Å². The van der Waals surface area contributed by atoms with Crippen molar-refractivity contribution in [3.8, 4) is 0 Å². The van der Waals surface area contributed by atoms with E-state index >= 15 is 0 Å². The van der Waals surface area contributed by atoms with Crippen LogP contribution < -0.4 is 4.90 Å². The lowest BCUT2D eigenvalue weighted by Crippen LogP contribution is -2.34. The minimum Gasteiger partial charge on any atom is -0.469 e. The maximum Gasteiger partial charge on any atom is 0.310 e. The number of esters is 1. The maximum absolute atomic E-state index is 11.8. The molecule has 1 aromatic rings. The van der Waals surface area contributed by atoms with Crippen LogP contribution in [-0.4, -0.2) is 26.7 Å². The Morgan fingerprint density at radius 3 is 2.47 bits per heavy atom. The summed E-state index contributed by atoms with van der Waals surface area (Å²) in [6.45, 7) is 8.95. The highest BCUT2D eigenvalue weighted by molar-refractivity contribution is 5.73. The highest BCUT2D eigenvalue weighted by Gasteiger charge is 2.25. The highest BCUT2D eigenvalue weighted by atomic mass is 16.5. The number of aryl methyl sites for hydroxylation is 2. The Bertz CT molecular complexity index is 440. The van der Waals surface area contributed by atoms with Gasteiger partial charge in [0.25, 0.3) is 0 Å². The maximum atomic E-state index is 11.8. The summed E-state index contributed by atoms with van der Waals surface area (Å²) in [5.74, 6) is 0.0297. The molecule has 19 heavy (non-hydrogen) atoms. The van der Waals surface area contributed by atoms with E-state index in [0.717, 1.165) is 0 Å². The summed E-state index contributed by atoms with van der Waals surface area (Å²) in [5, 5.41) is 0. The lowest BCUT2D eigenvalue weighted by atomic mass is 9.95. The number of carbonyl (C=O) groups excluding carboxylic acids is 1. The van der Waals surface area contributed by atoms with Gasteiger partial charge in [0.15, 0.2) is 0 Å². The Balaban J connectivity index is 2.90. The predicted octanol–water partition coefficient (Wildman–Crippen LogP) is 3.18. The Morgan fingerprint density at radius 1 is 1.32 bits per heavy atom. The fourth-order valence-corrected chi connectivity index (χ4v) is 2.23. The summed E-state index contributed by atoms with van der Waals surface area (Å²) in [6, 6.07) is 6.38. The average molecular weight is 263 g/mol. The van der Waals surface area contributed by atoms with Gasteiger partial charge >= 0.3 is 5.97 Å². The average Bonchev–Trinajstić information content (AvgIpc) is 2.37. The van der Waals surface area contributed by atoms with Crippen molar-refractivity contribution in [3.63, 3.8) is 0 Å². The Morgan fingerprint density at radius 2 is 1.95 bits per heavy atom. The van der Waals surface area contributed by atoms with Gasteiger partial charge in [0, 0.05) is 19.3 Å². The number of nitrogens with zero attached hydrogens (tertiary/aromatic N) is 1. The molecule has 0 amide bonds. The van der Waals surface area contributed by atoms with Crippen molar-refractivity contribution in [3.05, 3.63) is 29.3 Å². The summed E-state index contributed by atoms with van der Waals surface area (Å²) in [4.78, 5) is 14.0. The van der Waals surface area contributed by atoms with E-state index in [4.69, 9.17) is 4.74 Å². The van der Waals surface area contributed by atoms with Crippen LogP contribution in [0.2, 0.25) is 0 Å². The van der Waals surface area contributed by atoms with Crippen LogP contribution in [0, 0.1) is 25.7 Å². The Kier molecular flexibility index (Phi) is 5.40. The van der Waals surface area contributed by atoms with Crippen molar-refractivity contribution in [2.45, 2.75) is 27.7 Å². The van der Waals surface area contributed by atoms with Gasteiger partial charge in [-0.1, -0.05) is 26.0 Å². The van der Waals surface area contributed by atoms with Crippen molar-refractivity contribution in [2.75, 3.05) is 25.6 Å². The summed E-state index contributed by atoms with van der Waals surface area (Å²) < 4.78 is 4.90. The first-order chi connectivity index (χ1) is 8.86. The quantitative estimate of drug-likeness (QED) is 0.764. The van der Waals surface area contributed by atoms with Gasteiger partial charge in [-0.2, -0.15) is 0 Å². The molecular weight excluding hydrogens is 238 g/mol. The molecule has 0 spiro atoms. The molecule has 1 unspecified atom stereocenters. The second-order valence-electron chi connectivity index (χ2n) is 5.54. The van der Waals surface area contributed by atoms with Gasteiger partial charge in [-0.05, 0) is 37.0 Å². The van der Waals surface area contributed by atoms with Gasteiger partial charge in [0.1, 0.15) is 0 Å². The molecule has 0 bridgehead atoms. The third-order valence-electron chi connectivity index (χ3n) is 3.56. The van der Waals surface area contributed by atoms with Gasteiger partial charge < -0.3 is 9.64 Å². The molecule has 0 heterocycles. The summed E-state index contributed by atoms with van der Waals surface area (Å²) in [7, 11) is 3.48. The topological polar surface area (TPSA) is 29.5 Å². The zero-order valence-corrected chi connectivity index (χ0v) is 12.9. The van der Waals surface area contributed by atoms with Crippen LogP contribution >= 0.6 is 0 Å². The fraction of sp³-hybridized carbons (Fsp3) is 0.562. The standard InChI is InChI=1S/C16H25NO2/c1-11(2)14(16(18)19-6)10-17(5)15-9-12(3)7-8-13(15)4/h7-9,11,14H,10H2,1-6H3. The number of anilines is 1. The first-order valence-electron chi connectivity index (χ1n) is 6.73. The van der Waals surface area contributed by atoms with E-state index in [1.54, 1.807) is 0 Å². The van der Waals surface area contributed by atoms with Gasteiger partial charge in [-0.25, -0.2) is 0 Å². The molecule has 1 rings (SSSR count). The second-order valence-corrected chi connectivity index (χ2v) is 5.54. The van der Waals surface area contributed by atoms with Crippen LogP contribution in [0.15, 0.2) is 18.2 Å². The lowest BCUT2D eigenvalue weighted by molar-refractivity contribution is -0.146. The molecule has 1 aromatic carbocycles. The first kappa shape index (κ1) is 15.5. The molecule has 3 heteroatoms. The molecule has 0 N–H and O–H groups in total. The van der Waals surface area contributed by atoms with Crippen molar-refractivity contribution < 1.29 is 9.53 Å². The van der Waals surface area contributed by atoms with Crippen LogP contribution in [0.25, 0.3) is 0 Å². The van der Waals surface area contributed by atoms with E-state index in [2.05, 4.69) is 50.8 Å². The van der Waals surface area contributed by atoms with Crippen LogP contribution in [0.5, 0.6) is 0 Å². The molecule has 0 aliphatic rings. The van der Waals surface area contributed by atoms with Gasteiger partial charge in [0.05, 0.1) is 13.0 Å². The van der Waals surface area contributed by atoms with E-state index in [0.29, 0.717) is 6.54 Å². The SMILES string of the molecule is COC(=O)C(CN(C)c1cc(C)ccc1C)C(C)C. The van der Waals surface area contributed by atoms with Crippen molar-refractivity contribution in [1.82, 2.24) is 0 Å². The predicted molar refractivity (Wildman–Crippen MR) is 79.5 cm³/mol. The number of ether oxygens (including phenoxy) is 1. The van der Waals surface area contributed by atoms with Gasteiger partial charge in [-0.3, -0.25) is 4.79 Å². The molecule has 1 atom stereocenters. The number of hydrogen-bond acceptors (Lipinski definition) is 3.